The van der Waals surface area contributed by atoms with Crippen LogP contribution in [-0.4, -0.2) is 11.7 Å². The van der Waals surface area contributed by atoms with Crippen molar-refractivity contribution in [1.82, 2.24) is 0 Å². The number of ether oxygens (including phenoxy) is 1. The molecule has 0 aromatic heterocycles. The molecule has 2 rings (SSSR count). The summed E-state index contributed by atoms with van der Waals surface area (Å²) in [5.41, 5.74) is 2.01. The molecule has 0 bridgehead atoms. The highest BCUT2D eigenvalue weighted by atomic mass is 79.9. The molecule has 0 spiro atoms. The van der Waals surface area contributed by atoms with Gasteiger partial charge in [-0.1, -0.05) is 59.3 Å². The highest BCUT2D eigenvalue weighted by Crippen LogP contribution is 2.35. The van der Waals surface area contributed by atoms with Gasteiger partial charge in [0.25, 0.3) is 0 Å². The first-order chi connectivity index (χ1) is 9.63. The topological polar surface area (TPSA) is 29.5 Å². The molecular formula is C17H19BrO2. The minimum atomic E-state index is -0.553. The fourth-order valence-corrected chi connectivity index (χ4v) is 2.80. The van der Waals surface area contributed by atoms with Crippen molar-refractivity contribution in [2.24, 2.45) is 0 Å². The third-order valence-electron chi connectivity index (χ3n) is 3.40. The van der Waals surface area contributed by atoms with Gasteiger partial charge in [0.05, 0.1) is 12.7 Å². The van der Waals surface area contributed by atoms with E-state index in [2.05, 4.69) is 15.9 Å². The maximum atomic E-state index is 10.6. The third-order valence-corrected chi connectivity index (χ3v) is 4.09. The third kappa shape index (κ3) is 3.41. The van der Waals surface area contributed by atoms with Crippen molar-refractivity contribution < 1.29 is 9.84 Å². The van der Waals surface area contributed by atoms with Crippen molar-refractivity contribution in [3.8, 4) is 5.75 Å². The molecule has 0 saturated heterocycles. The summed E-state index contributed by atoms with van der Waals surface area (Å²) in [5.74, 6) is 0.841. The normalized spacial score (nSPS) is 13.8. The minimum absolute atomic E-state index is 0.0328. The van der Waals surface area contributed by atoms with Crippen molar-refractivity contribution in [3.05, 3.63) is 64.1 Å². The van der Waals surface area contributed by atoms with Gasteiger partial charge in [-0.3, -0.25) is 0 Å². The van der Waals surface area contributed by atoms with Gasteiger partial charge in [-0.2, -0.15) is 0 Å². The largest absolute Gasteiger partial charge is 0.494 e. The quantitative estimate of drug-likeness (QED) is 0.859. The molecule has 0 aliphatic heterocycles. The van der Waals surface area contributed by atoms with E-state index < -0.39 is 6.10 Å². The summed E-state index contributed by atoms with van der Waals surface area (Å²) in [4.78, 5) is 0. The van der Waals surface area contributed by atoms with Gasteiger partial charge in [0.1, 0.15) is 5.75 Å². The molecule has 0 aliphatic rings. The fraction of sp³-hybridized carbons (Fsp3) is 0.294. The van der Waals surface area contributed by atoms with Crippen molar-refractivity contribution >= 4 is 15.9 Å². The lowest BCUT2D eigenvalue weighted by molar-refractivity contribution is 0.151. The van der Waals surface area contributed by atoms with Crippen LogP contribution in [0.25, 0.3) is 0 Å². The molecule has 1 N–H and O–H groups in total. The molecule has 2 atom stereocenters. The Morgan fingerprint density at radius 3 is 2.45 bits per heavy atom. The second-order valence-electron chi connectivity index (χ2n) is 4.76. The molecule has 0 fully saturated rings. The zero-order valence-corrected chi connectivity index (χ0v) is 13.3. The first-order valence-corrected chi connectivity index (χ1v) is 7.58. The molecule has 3 heteroatoms. The zero-order chi connectivity index (χ0) is 14.5. The van der Waals surface area contributed by atoms with Crippen LogP contribution in [0.5, 0.6) is 5.75 Å². The van der Waals surface area contributed by atoms with E-state index in [9.17, 15) is 5.11 Å². The second kappa shape index (κ2) is 6.91. The van der Waals surface area contributed by atoms with Gasteiger partial charge in [-0.15, -0.1) is 0 Å². The van der Waals surface area contributed by atoms with Gasteiger partial charge >= 0.3 is 0 Å². The molecule has 0 amide bonds. The Morgan fingerprint density at radius 2 is 1.85 bits per heavy atom. The van der Waals surface area contributed by atoms with Gasteiger partial charge in [0, 0.05) is 10.4 Å². The Bertz CT molecular complexity index is 554. The SMILES string of the molecule is CCOc1ccc(C(O)C(C)c2ccccc2)c(Br)c1. The van der Waals surface area contributed by atoms with Crippen LogP contribution in [0.2, 0.25) is 0 Å². The Morgan fingerprint density at radius 1 is 1.15 bits per heavy atom. The molecule has 0 heterocycles. The summed E-state index contributed by atoms with van der Waals surface area (Å²) in [7, 11) is 0. The average molecular weight is 335 g/mol. The van der Waals surface area contributed by atoms with E-state index in [-0.39, 0.29) is 5.92 Å². The van der Waals surface area contributed by atoms with E-state index in [1.165, 1.54) is 0 Å². The van der Waals surface area contributed by atoms with Crippen LogP contribution in [0.1, 0.15) is 37.0 Å². The lowest BCUT2D eigenvalue weighted by atomic mass is 9.91. The van der Waals surface area contributed by atoms with Gasteiger partial charge in [0.15, 0.2) is 0 Å². The van der Waals surface area contributed by atoms with Crippen LogP contribution in [0.15, 0.2) is 53.0 Å². The summed E-state index contributed by atoms with van der Waals surface area (Å²) < 4.78 is 6.33. The van der Waals surface area contributed by atoms with E-state index in [4.69, 9.17) is 4.74 Å². The predicted octanol–water partition coefficient (Wildman–Crippen LogP) is 4.68. The van der Waals surface area contributed by atoms with Crippen molar-refractivity contribution in [2.75, 3.05) is 6.61 Å². The van der Waals surface area contributed by atoms with Gasteiger partial charge in [-0.05, 0) is 30.2 Å². The molecule has 0 radical (unpaired) electrons. The standard InChI is InChI=1S/C17H19BrO2/c1-3-20-14-9-10-15(16(18)11-14)17(19)12(2)13-7-5-4-6-8-13/h4-12,17,19H,3H2,1-2H3. The van der Waals surface area contributed by atoms with Crippen molar-refractivity contribution in [1.29, 1.82) is 0 Å². The average Bonchev–Trinajstić information content (AvgIpc) is 2.47. The van der Waals surface area contributed by atoms with E-state index in [0.717, 1.165) is 21.3 Å². The van der Waals surface area contributed by atoms with Crippen molar-refractivity contribution in [3.63, 3.8) is 0 Å². The summed E-state index contributed by atoms with van der Waals surface area (Å²) >= 11 is 3.52. The maximum Gasteiger partial charge on any atom is 0.120 e. The summed E-state index contributed by atoms with van der Waals surface area (Å²) in [6.07, 6.45) is -0.553. The number of halogens is 1. The van der Waals surface area contributed by atoms with Gasteiger partial charge < -0.3 is 9.84 Å². The lowest BCUT2D eigenvalue weighted by Crippen LogP contribution is -2.08. The van der Waals surface area contributed by atoms with E-state index in [0.29, 0.717) is 6.61 Å². The molecule has 2 nitrogen and oxygen atoms in total. The van der Waals surface area contributed by atoms with Crippen LogP contribution in [0, 0.1) is 0 Å². The van der Waals surface area contributed by atoms with Crippen LogP contribution in [-0.2, 0) is 0 Å². The second-order valence-corrected chi connectivity index (χ2v) is 5.61. The molecule has 2 unspecified atom stereocenters. The molecular weight excluding hydrogens is 316 g/mol. The molecule has 0 saturated carbocycles. The highest BCUT2D eigenvalue weighted by molar-refractivity contribution is 9.10. The Kier molecular flexibility index (Phi) is 5.21. The Labute approximate surface area is 128 Å². The van der Waals surface area contributed by atoms with Gasteiger partial charge in [-0.25, -0.2) is 0 Å². The summed E-state index contributed by atoms with van der Waals surface area (Å²) in [6, 6.07) is 15.8. The molecule has 2 aromatic carbocycles. The van der Waals surface area contributed by atoms with Crippen LogP contribution in [0.3, 0.4) is 0 Å². The zero-order valence-electron chi connectivity index (χ0n) is 11.7. The maximum absolute atomic E-state index is 10.6. The minimum Gasteiger partial charge on any atom is -0.494 e. The monoisotopic (exact) mass is 334 g/mol. The lowest BCUT2D eigenvalue weighted by Gasteiger charge is -2.21. The van der Waals surface area contributed by atoms with Crippen LogP contribution in [0.4, 0.5) is 0 Å². The number of aliphatic hydroxyl groups excluding tert-OH is 1. The Hall–Kier alpha value is -1.32. The number of benzene rings is 2. The number of aliphatic hydroxyl groups is 1. The summed E-state index contributed by atoms with van der Waals surface area (Å²) in [5, 5.41) is 10.6. The molecule has 0 aliphatic carbocycles. The van der Waals surface area contributed by atoms with E-state index in [1.807, 2.05) is 62.4 Å². The molecule has 106 valence electrons. The van der Waals surface area contributed by atoms with Gasteiger partial charge in [0.2, 0.25) is 0 Å². The number of rotatable bonds is 5. The Balaban J connectivity index is 2.22. The highest BCUT2D eigenvalue weighted by Gasteiger charge is 2.20. The smallest absolute Gasteiger partial charge is 0.120 e. The van der Waals surface area contributed by atoms with E-state index in [1.54, 1.807) is 0 Å². The van der Waals surface area contributed by atoms with Crippen molar-refractivity contribution in [2.45, 2.75) is 25.9 Å². The fourth-order valence-electron chi connectivity index (χ4n) is 2.21. The summed E-state index contributed by atoms with van der Waals surface area (Å²) in [6.45, 7) is 4.62. The predicted molar refractivity (Wildman–Crippen MR) is 85.1 cm³/mol. The number of hydrogen-bond donors (Lipinski definition) is 1. The first-order valence-electron chi connectivity index (χ1n) is 6.78. The molecule has 20 heavy (non-hydrogen) atoms. The molecule has 2 aromatic rings. The first kappa shape index (κ1) is 15.1. The van der Waals surface area contributed by atoms with E-state index >= 15 is 0 Å². The number of hydrogen-bond acceptors (Lipinski definition) is 2. The van der Waals surface area contributed by atoms with Crippen LogP contribution >= 0.6 is 15.9 Å². The van der Waals surface area contributed by atoms with Crippen LogP contribution < -0.4 is 4.74 Å².